The zero-order valence-electron chi connectivity index (χ0n) is 11.4. The van der Waals surface area contributed by atoms with Gasteiger partial charge in [0.2, 0.25) is 0 Å². The van der Waals surface area contributed by atoms with E-state index in [0.29, 0.717) is 24.2 Å². The van der Waals surface area contributed by atoms with Crippen LogP contribution in [0, 0.1) is 28.6 Å². The Labute approximate surface area is 104 Å². The van der Waals surface area contributed by atoms with Crippen LogP contribution < -0.4 is 0 Å². The van der Waals surface area contributed by atoms with E-state index in [2.05, 4.69) is 20.8 Å². The van der Waals surface area contributed by atoms with Gasteiger partial charge >= 0.3 is 0 Å². The lowest BCUT2D eigenvalue weighted by molar-refractivity contribution is -0.183. The summed E-state index contributed by atoms with van der Waals surface area (Å²) in [4.78, 5) is 12.3. The zero-order chi connectivity index (χ0) is 12.6. The van der Waals surface area contributed by atoms with Crippen molar-refractivity contribution in [3.05, 3.63) is 0 Å². The van der Waals surface area contributed by atoms with Crippen LogP contribution in [-0.2, 0) is 4.79 Å². The van der Waals surface area contributed by atoms with E-state index in [1.54, 1.807) is 6.92 Å². The fourth-order valence-corrected chi connectivity index (χ4v) is 5.77. The third-order valence-corrected chi connectivity index (χ3v) is 6.87. The molecule has 2 heteroatoms. The second kappa shape index (κ2) is 2.96. The SMILES string of the molecule is CC1CCC23C1CC(CC(=O)C2(C)O)C3(C)C. The average Bonchev–Trinajstić information content (AvgIpc) is 2.62. The van der Waals surface area contributed by atoms with Gasteiger partial charge in [-0.2, -0.15) is 0 Å². The van der Waals surface area contributed by atoms with Crippen molar-refractivity contribution in [2.45, 2.75) is 59.0 Å². The first-order chi connectivity index (χ1) is 7.75. The lowest BCUT2D eigenvalue weighted by atomic mass is 9.50. The van der Waals surface area contributed by atoms with Gasteiger partial charge in [0.1, 0.15) is 5.60 Å². The molecule has 1 N–H and O–H groups in total. The van der Waals surface area contributed by atoms with E-state index >= 15 is 0 Å². The van der Waals surface area contributed by atoms with Crippen LogP contribution in [0.4, 0.5) is 0 Å². The fourth-order valence-electron chi connectivity index (χ4n) is 5.77. The van der Waals surface area contributed by atoms with Crippen LogP contribution in [-0.4, -0.2) is 16.5 Å². The second-order valence-electron chi connectivity index (χ2n) is 7.45. The summed E-state index contributed by atoms with van der Waals surface area (Å²) >= 11 is 0. The van der Waals surface area contributed by atoms with Crippen molar-refractivity contribution in [3.63, 3.8) is 0 Å². The van der Waals surface area contributed by atoms with E-state index in [-0.39, 0.29) is 16.6 Å². The van der Waals surface area contributed by atoms with Crippen molar-refractivity contribution in [3.8, 4) is 0 Å². The number of hydrogen-bond donors (Lipinski definition) is 1. The van der Waals surface area contributed by atoms with Gasteiger partial charge in [-0.3, -0.25) is 4.79 Å². The summed E-state index contributed by atoms with van der Waals surface area (Å²) in [5.74, 6) is 1.79. The van der Waals surface area contributed by atoms with Crippen LogP contribution in [0.15, 0.2) is 0 Å². The number of hydrogen-bond acceptors (Lipinski definition) is 2. The van der Waals surface area contributed by atoms with Gasteiger partial charge in [-0.05, 0) is 49.4 Å². The number of carbonyl (C=O) groups excluding carboxylic acids is 1. The Bertz CT molecular complexity index is 382. The van der Waals surface area contributed by atoms with Gasteiger partial charge < -0.3 is 5.11 Å². The molecule has 3 rings (SSSR count). The summed E-state index contributed by atoms with van der Waals surface area (Å²) in [5.41, 5.74) is -1.14. The third-order valence-electron chi connectivity index (χ3n) is 6.87. The van der Waals surface area contributed by atoms with Gasteiger partial charge in [0.25, 0.3) is 0 Å². The molecule has 0 saturated heterocycles. The molecule has 5 atom stereocenters. The molecule has 1 spiro atoms. The van der Waals surface area contributed by atoms with E-state index in [1.807, 2.05) is 0 Å². The standard InChI is InChI=1S/C15H24O2/c1-9-5-6-15-11(9)7-10(13(15,2)3)8-12(16)14(15,4)17/h9-11,17H,5-8H2,1-4H3. The molecule has 3 saturated carbocycles. The van der Waals surface area contributed by atoms with E-state index in [4.69, 9.17) is 0 Å². The molecule has 0 aromatic heterocycles. The van der Waals surface area contributed by atoms with Crippen molar-refractivity contribution in [1.29, 1.82) is 0 Å². The predicted molar refractivity (Wildman–Crippen MR) is 66.5 cm³/mol. The molecule has 0 aromatic carbocycles. The first-order valence-electron chi connectivity index (χ1n) is 7.01. The zero-order valence-corrected chi connectivity index (χ0v) is 11.4. The van der Waals surface area contributed by atoms with Gasteiger partial charge in [-0.15, -0.1) is 0 Å². The minimum atomic E-state index is -1.10. The molecule has 0 aromatic rings. The first-order valence-corrected chi connectivity index (χ1v) is 7.01. The van der Waals surface area contributed by atoms with Crippen LogP contribution in [0.3, 0.4) is 0 Å². The lowest BCUT2D eigenvalue weighted by Crippen LogP contribution is -2.62. The Kier molecular flexibility index (Phi) is 2.04. The van der Waals surface area contributed by atoms with Crippen LogP contribution in [0.25, 0.3) is 0 Å². The van der Waals surface area contributed by atoms with Crippen molar-refractivity contribution in [2.75, 3.05) is 0 Å². The largest absolute Gasteiger partial charge is 0.382 e. The molecular weight excluding hydrogens is 212 g/mol. The number of aliphatic hydroxyl groups is 1. The van der Waals surface area contributed by atoms with E-state index < -0.39 is 5.60 Å². The van der Waals surface area contributed by atoms with Gasteiger partial charge in [-0.25, -0.2) is 0 Å². The molecule has 0 heterocycles. The summed E-state index contributed by atoms with van der Waals surface area (Å²) in [6.07, 6.45) is 3.94. The highest BCUT2D eigenvalue weighted by atomic mass is 16.3. The highest BCUT2D eigenvalue weighted by Gasteiger charge is 2.74. The molecule has 0 radical (unpaired) electrons. The molecular formula is C15H24O2. The number of Topliss-reactive ketones (excluding diaryl/α,β-unsaturated/α-hetero) is 1. The summed E-state index contributed by atoms with van der Waals surface area (Å²) in [5, 5.41) is 10.9. The number of fused-ring (bicyclic) bond motifs is 1. The molecule has 0 amide bonds. The summed E-state index contributed by atoms with van der Waals surface area (Å²) in [7, 11) is 0. The summed E-state index contributed by atoms with van der Waals surface area (Å²) < 4.78 is 0. The maximum atomic E-state index is 12.3. The van der Waals surface area contributed by atoms with Crippen LogP contribution in [0.1, 0.15) is 53.4 Å². The molecule has 2 bridgehead atoms. The number of rotatable bonds is 0. The van der Waals surface area contributed by atoms with Crippen molar-refractivity contribution < 1.29 is 9.90 Å². The first kappa shape index (κ1) is 11.7. The monoisotopic (exact) mass is 236 g/mol. The lowest BCUT2D eigenvalue weighted by Gasteiger charge is -2.55. The Balaban J connectivity index is 2.21. The highest BCUT2D eigenvalue weighted by molar-refractivity contribution is 5.90. The van der Waals surface area contributed by atoms with Gasteiger partial charge in [0.15, 0.2) is 5.78 Å². The average molecular weight is 236 g/mol. The molecule has 0 aliphatic heterocycles. The normalized spacial score (nSPS) is 56.1. The molecule has 3 aliphatic rings. The van der Waals surface area contributed by atoms with Gasteiger partial charge in [0.05, 0.1) is 0 Å². The molecule has 3 fully saturated rings. The Morgan fingerprint density at radius 1 is 1.29 bits per heavy atom. The van der Waals surface area contributed by atoms with Crippen LogP contribution >= 0.6 is 0 Å². The molecule has 17 heavy (non-hydrogen) atoms. The van der Waals surface area contributed by atoms with E-state index in [0.717, 1.165) is 12.8 Å². The maximum absolute atomic E-state index is 12.3. The minimum Gasteiger partial charge on any atom is -0.382 e. The van der Waals surface area contributed by atoms with Crippen molar-refractivity contribution >= 4 is 5.78 Å². The molecule has 5 unspecified atom stereocenters. The Morgan fingerprint density at radius 2 is 1.94 bits per heavy atom. The van der Waals surface area contributed by atoms with Gasteiger partial charge in [-0.1, -0.05) is 20.8 Å². The minimum absolute atomic E-state index is 0.0958. The second-order valence-corrected chi connectivity index (χ2v) is 7.45. The highest BCUT2D eigenvalue weighted by Crippen LogP contribution is 2.74. The summed E-state index contributed by atoms with van der Waals surface area (Å²) in [6.45, 7) is 8.67. The molecule has 96 valence electrons. The smallest absolute Gasteiger partial charge is 0.164 e. The topological polar surface area (TPSA) is 37.3 Å². The predicted octanol–water partition coefficient (Wildman–Crippen LogP) is 2.79. The molecule has 3 aliphatic carbocycles. The van der Waals surface area contributed by atoms with E-state index in [1.165, 1.54) is 6.42 Å². The number of ketones is 1. The Morgan fingerprint density at radius 3 is 2.59 bits per heavy atom. The Hall–Kier alpha value is -0.370. The molecule has 2 nitrogen and oxygen atoms in total. The third kappa shape index (κ3) is 1.01. The maximum Gasteiger partial charge on any atom is 0.164 e. The summed E-state index contributed by atoms with van der Waals surface area (Å²) in [6, 6.07) is 0. The fraction of sp³-hybridized carbons (Fsp3) is 0.933. The number of carbonyl (C=O) groups is 1. The van der Waals surface area contributed by atoms with Crippen molar-refractivity contribution in [2.24, 2.45) is 28.6 Å². The van der Waals surface area contributed by atoms with Gasteiger partial charge in [0, 0.05) is 11.8 Å². The quantitative estimate of drug-likeness (QED) is 0.702. The van der Waals surface area contributed by atoms with Crippen LogP contribution in [0.2, 0.25) is 0 Å². The van der Waals surface area contributed by atoms with Crippen LogP contribution in [0.5, 0.6) is 0 Å². The van der Waals surface area contributed by atoms with E-state index in [9.17, 15) is 9.90 Å². The van der Waals surface area contributed by atoms with Crippen molar-refractivity contribution in [1.82, 2.24) is 0 Å².